The van der Waals surface area contributed by atoms with E-state index in [2.05, 4.69) is 30.6 Å². The van der Waals surface area contributed by atoms with E-state index in [1.807, 2.05) is 6.92 Å². The van der Waals surface area contributed by atoms with Crippen molar-refractivity contribution in [2.75, 3.05) is 30.4 Å². The Hall–Kier alpha value is -1.89. The van der Waals surface area contributed by atoms with Crippen LogP contribution in [0.15, 0.2) is 6.33 Å². The Balaban J connectivity index is 1.88. The third kappa shape index (κ3) is 2.60. The van der Waals surface area contributed by atoms with Crippen molar-refractivity contribution in [1.82, 2.24) is 19.9 Å². The number of imidazole rings is 1. The molecule has 3 rings (SSSR count). The fourth-order valence-electron chi connectivity index (χ4n) is 2.21. The van der Waals surface area contributed by atoms with Crippen molar-refractivity contribution >= 4 is 22.9 Å². The minimum absolute atomic E-state index is 0.393. The summed E-state index contributed by atoms with van der Waals surface area (Å²) in [6.07, 6.45) is 3.64. The lowest BCUT2D eigenvalue weighted by molar-refractivity contribution is 0.0904. The lowest BCUT2D eigenvalue weighted by Gasteiger charge is -2.23. The van der Waals surface area contributed by atoms with Gasteiger partial charge in [-0.3, -0.25) is 0 Å². The molecule has 0 bridgehead atoms. The van der Waals surface area contributed by atoms with Crippen LogP contribution >= 0.6 is 0 Å². The van der Waals surface area contributed by atoms with E-state index < -0.39 is 0 Å². The SMILES string of the molecule is CCNc1nc(NC2CCOCC2)c2[nH]cnc2n1. The maximum Gasteiger partial charge on any atom is 0.226 e. The molecular weight excluding hydrogens is 244 g/mol. The van der Waals surface area contributed by atoms with Gasteiger partial charge in [0, 0.05) is 25.8 Å². The van der Waals surface area contributed by atoms with Crippen LogP contribution in [-0.4, -0.2) is 45.7 Å². The highest BCUT2D eigenvalue weighted by Gasteiger charge is 2.17. The van der Waals surface area contributed by atoms with Gasteiger partial charge in [0.1, 0.15) is 5.52 Å². The number of hydrogen-bond donors (Lipinski definition) is 3. The molecule has 0 amide bonds. The van der Waals surface area contributed by atoms with Crippen LogP contribution in [0, 0.1) is 0 Å². The molecule has 7 heteroatoms. The second-order valence-electron chi connectivity index (χ2n) is 4.56. The van der Waals surface area contributed by atoms with Gasteiger partial charge in [0.2, 0.25) is 5.95 Å². The number of nitrogens with zero attached hydrogens (tertiary/aromatic N) is 3. The topological polar surface area (TPSA) is 87.8 Å². The largest absolute Gasteiger partial charge is 0.381 e. The second kappa shape index (κ2) is 5.40. The van der Waals surface area contributed by atoms with Crippen molar-refractivity contribution < 1.29 is 4.74 Å². The number of fused-ring (bicyclic) bond motifs is 1. The van der Waals surface area contributed by atoms with E-state index in [1.54, 1.807) is 6.33 Å². The van der Waals surface area contributed by atoms with Crippen molar-refractivity contribution in [1.29, 1.82) is 0 Å². The maximum atomic E-state index is 5.37. The molecule has 7 nitrogen and oxygen atoms in total. The molecule has 0 aromatic carbocycles. The summed E-state index contributed by atoms with van der Waals surface area (Å²) in [4.78, 5) is 16.2. The van der Waals surface area contributed by atoms with Gasteiger partial charge in [-0.05, 0) is 19.8 Å². The van der Waals surface area contributed by atoms with Crippen LogP contribution in [0.4, 0.5) is 11.8 Å². The van der Waals surface area contributed by atoms with E-state index in [0.29, 0.717) is 17.6 Å². The van der Waals surface area contributed by atoms with Gasteiger partial charge in [-0.25, -0.2) is 4.98 Å². The summed E-state index contributed by atoms with van der Waals surface area (Å²) in [7, 11) is 0. The van der Waals surface area contributed by atoms with Crippen molar-refractivity contribution in [3.8, 4) is 0 Å². The fraction of sp³-hybridized carbons (Fsp3) is 0.583. The van der Waals surface area contributed by atoms with Crippen LogP contribution in [0.1, 0.15) is 19.8 Å². The molecule has 1 fully saturated rings. The quantitative estimate of drug-likeness (QED) is 0.771. The molecule has 0 spiro atoms. The highest BCUT2D eigenvalue weighted by atomic mass is 16.5. The second-order valence-corrected chi connectivity index (χ2v) is 4.56. The normalized spacial score (nSPS) is 16.7. The van der Waals surface area contributed by atoms with Gasteiger partial charge >= 0.3 is 0 Å². The number of ether oxygens (including phenoxy) is 1. The lowest BCUT2D eigenvalue weighted by atomic mass is 10.1. The number of aromatic nitrogens is 4. The lowest BCUT2D eigenvalue weighted by Crippen LogP contribution is -2.28. The van der Waals surface area contributed by atoms with Gasteiger partial charge in [0.05, 0.1) is 6.33 Å². The van der Waals surface area contributed by atoms with Crippen molar-refractivity contribution in [2.24, 2.45) is 0 Å². The van der Waals surface area contributed by atoms with E-state index in [9.17, 15) is 0 Å². The summed E-state index contributed by atoms with van der Waals surface area (Å²) in [6, 6.07) is 0.393. The Kier molecular flexibility index (Phi) is 3.45. The van der Waals surface area contributed by atoms with E-state index in [1.165, 1.54) is 0 Å². The Morgan fingerprint density at radius 3 is 3.00 bits per heavy atom. The van der Waals surface area contributed by atoms with E-state index in [4.69, 9.17) is 4.74 Å². The molecule has 2 aromatic rings. The van der Waals surface area contributed by atoms with Crippen LogP contribution in [-0.2, 0) is 4.74 Å². The molecular formula is C12H18N6O. The van der Waals surface area contributed by atoms with Gasteiger partial charge in [-0.2, -0.15) is 9.97 Å². The zero-order valence-corrected chi connectivity index (χ0v) is 10.9. The average molecular weight is 262 g/mol. The molecule has 0 saturated carbocycles. The molecule has 19 heavy (non-hydrogen) atoms. The number of anilines is 2. The Bertz CT molecular complexity index is 548. The highest BCUT2D eigenvalue weighted by molar-refractivity contribution is 5.83. The number of hydrogen-bond acceptors (Lipinski definition) is 6. The van der Waals surface area contributed by atoms with E-state index in [-0.39, 0.29) is 0 Å². The Morgan fingerprint density at radius 2 is 2.21 bits per heavy atom. The summed E-state index contributed by atoms with van der Waals surface area (Å²) < 4.78 is 5.37. The van der Waals surface area contributed by atoms with Crippen LogP contribution in [0.3, 0.4) is 0 Å². The summed E-state index contributed by atoms with van der Waals surface area (Å²) in [5.41, 5.74) is 1.54. The average Bonchev–Trinajstić information content (AvgIpc) is 2.89. The van der Waals surface area contributed by atoms with Crippen LogP contribution < -0.4 is 10.6 Å². The summed E-state index contributed by atoms with van der Waals surface area (Å²) in [6.45, 7) is 4.40. The first-order valence-electron chi connectivity index (χ1n) is 6.66. The molecule has 0 radical (unpaired) electrons. The first kappa shape index (κ1) is 12.2. The molecule has 1 aliphatic heterocycles. The smallest absolute Gasteiger partial charge is 0.226 e. The summed E-state index contributed by atoms with van der Waals surface area (Å²) in [5.74, 6) is 1.42. The number of nitrogens with one attached hydrogen (secondary N) is 3. The van der Waals surface area contributed by atoms with Gasteiger partial charge in [-0.1, -0.05) is 0 Å². The van der Waals surface area contributed by atoms with Crippen LogP contribution in [0.2, 0.25) is 0 Å². The van der Waals surface area contributed by atoms with Gasteiger partial charge in [0.15, 0.2) is 11.5 Å². The summed E-state index contributed by atoms with van der Waals surface area (Å²) in [5, 5.41) is 6.59. The first-order chi connectivity index (χ1) is 9.36. The zero-order chi connectivity index (χ0) is 13.1. The predicted molar refractivity (Wildman–Crippen MR) is 73.3 cm³/mol. The van der Waals surface area contributed by atoms with Gasteiger partial charge in [0.25, 0.3) is 0 Å². The molecule has 0 atom stereocenters. The molecule has 1 saturated heterocycles. The zero-order valence-electron chi connectivity index (χ0n) is 10.9. The molecule has 2 aromatic heterocycles. The van der Waals surface area contributed by atoms with Crippen molar-refractivity contribution in [2.45, 2.75) is 25.8 Å². The van der Waals surface area contributed by atoms with Crippen molar-refractivity contribution in [3.05, 3.63) is 6.33 Å². The third-order valence-electron chi connectivity index (χ3n) is 3.18. The van der Waals surface area contributed by atoms with Crippen LogP contribution in [0.5, 0.6) is 0 Å². The molecule has 0 unspecified atom stereocenters. The number of rotatable bonds is 4. The van der Waals surface area contributed by atoms with Gasteiger partial charge in [-0.15, -0.1) is 0 Å². The van der Waals surface area contributed by atoms with Gasteiger partial charge < -0.3 is 20.4 Å². The van der Waals surface area contributed by atoms with Crippen LogP contribution in [0.25, 0.3) is 11.2 Å². The minimum Gasteiger partial charge on any atom is -0.381 e. The summed E-state index contributed by atoms with van der Waals surface area (Å²) >= 11 is 0. The first-order valence-corrected chi connectivity index (χ1v) is 6.66. The third-order valence-corrected chi connectivity index (χ3v) is 3.18. The predicted octanol–water partition coefficient (Wildman–Crippen LogP) is 1.38. The number of aromatic amines is 1. The monoisotopic (exact) mass is 262 g/mol. The molecule has 102 valence electrons. The molecule has 0 aliphatic carbocycles. The fourth-order valence-corrected chi connectivity index (χ4v) is 2.21. The Labute approximate surface area is 111 Å². The van der Waals surface area contributed by atoms with E-state index >= 15 is 0 Å². The van der Waals surface area contributed by atoms with E-state index in [0.717, 1.165) is 43.9 Å². The minimum atomic E-state index is 0.393. The highest BCUT2D eigenvalue weighted by Crippen LogP contribution is 2.21. The van der Waals surface area contributed by atoms with Crippen molar-refractivity contribution in [3.63, 3.8) is 0 Å². The Morgan fingerprint density at radius 1 is 1.37 bits per heavy atom. The standard InChI is InChI=1S/C12H18N6O/c1-2-13-12-17-10-9(14-7-15-10)11(18-12)16-8-3-5-19-6-4-8/h7-8H,2-6H2,1H3,(H3,13,14,15,16,17,18). The number of H-pyrrole nitrogens is 1. The maximum absolute atomic E-state index is 5.37. The molecule has 3 heterocycles. The molecule has 3 N–H and O–H groups in total. The molecule has 1 aliphatic rings.